The summed E-state index contributed by atoms with van der Waals surface area (Å²) in [6.07, 6.45) is 1.17. The number of nitrogens with one attached hydrogen (secondary N) is 1. The quantitative estimate of drug-likeness (QED) is 0.633. The highest BCUT2D eigenvalue weighted by atomic mass is 16.3. The lowest BCUT2D eigenvalue weighted by Crippen LogP contribution is -2.35. The number of nitrogens with zero attached hydrogens (tertiary/aromatic N) is 1. The molecule has 0 fully saturated rings. The summed E-state index contributed by atoms with van der Waals surface area (Å²) in [7, 11) is 0. The number of benzene rings is 1. The third-order valence-corrected chi connectivity index (χ3v) is 3.15. The molecule has 20 heavy (non-hydrogen) atoms. The number of aliphatic hydroxyl groups is 1. The summed E-state index contributed by atoms with van der Waals surface area (Å²) in [5, 5.41) is 11.7. The van der Waals surface area contributed by atoms with E-state index >= 15 is 0 Å². The molecule has 5 heteroatoms. The number of nitrogen functional groups attached to an aromatic ring is 1. The van der Waals surface area contributed by atoms with E-state index < -0.39 is 0 Å². The Hall–Kier alpha value is -1.59. The van der Waals surface area contributed by atoms with Gasteiger partial charge in [-0.15, -0.1) is 0 Å². The molecule has 0 unspecified atom stereocenters. The fraction of sp³-hybridized carbons (Fsp3) is 0.533. The fourth-order valence-electron chi connectivity index (χ4n) is 1.94. The summed E-state index contributed by atoms with van der Waals surface area (Å²) in [5.41, 5.74) is 7.03. The zero-order valence-corrected chi connectivity index (χ0v) is 12.3. The average molecular weight is 279 g/mol. The molecule has 0 aliphatic rings. The second-order valence-electron chi connectivity index (χ2n) is 5.13. The van der Waals surface area contributed by atoms with Gasteiger partial charge >= 0.3 is 0 Å². The summed E-state index contributed by atoms with van der Waals surface area (Å²) in [6, 6.07) is 7.47. The molecule has 0 aromatic heterocycles. The number of amides is 1. The molecule has 4 N–H and O–H groups in total. The van der Waals surface area contributed by atoms with Gasteiger partial charge in [0.25, 0.3) is 0 Å². The average Bonchev–Trinajstić information content (AvgIpc) is 2.41. The minimum atomic E-state index is -0.00980. The molecule has 0 aliphatic carbocycles. The summed E-state index contributed by atoms with van der Waals surface area (Å²) >= 11 is 0. The Kier molecular flexibility index (Phi) is 7.04. The van der Waals surface area contributed by atoms with E-state index in [1.165, 1.54) is 0 Å². The van der Waals surface area contributed by atoms with Crippen LogP contribution in [0.4, 0.5) is 11.4 Å². The van der Waals surface area contributed by atoms with Crippen molar-refractivity contribution in [3.05, 3.63) is 24.3 Å². The molecule has 0 radical (unpaired) electrons. The molecular weight excluding hydrogens is 254 g/mol. The van der Waals surface area contributed by atoms with E-state index in [4.69, 9.17) is 10.8 Å². The lowest BCUT2D eigenvalue weighted by atomic mass is 10.2. The molecule has 1 aromatic rings. The second-order valence-corrected chi connectivity index (χ2v) is 5.13. The van der Waals surface area contributed by atoms with E-state index in [9.17, 15) is 4.79 Å². The van der Waals surface area contributed by atoms with Crippen LogP contribution < -0.4 is 11.1 Å². The first-order valence-corrected chi connectivity index (χ1v) is 7.03. The third-order valence-electron chi connectivity index (χ3n) is 3.15. The van der Waals surface area contributed by atoms with Gasteiger partial charge in [0.2, 0.25) is 5.91 Å². The number of rotatable bonds is 8. The fourth-order valence-corrected chi connectivity index (χ4v) is 1.94. The highest BCUT2D eigenvalue weighted by molar-refractivity contribution is 5.90. The van der Waals surface area contributed by atoms with Gasteiger partial charge in [-0.1, -0.05) is 0 Å². The summed E-state index contributed by atoms with van der Waals surface area (Å²) in [5.74, 6) is -0.00980. The smallest absolute Gasteiger partial charge is 0.225 e. The van der Waals surface area contributed by atoms with E-state index in [1.807, 2.05) is 0 Å². The van der Waals surface area contributed by atoms with Crippen molar-refractivity contribution in [2.75, 3.05) is 30.7 Å². The van der Waals surface area contributed by atoms with Gasteiger partial charge in [0, 0.05) is 43.5 Å². The van der Waals surface area contributed by atoms with Crippen molar-refractivity contribution in [3.63, 3.8) is 0 Å². The van der Waals surface area contributed by atoms with Crippen LogP contribution in [0.2, 0.25) is 0 Å². The van der Waals surface area contributed by atoms with Gasteiger partial charge in [0.05, 0.1) is 0 Å². The number of carbonyl (C=O) groups excluding carboxylic acids is 1. The normalized spacial score (nSPS) is 11.1. The van der Waals surface area contributed by atoms with Crippen molar-refractivity contribution in [1.29, 1.82) is 0 Å². The van der Waals surface area contributed by atoms with E-state index in [2.05, 4.69) is 24.1 Å². The van der Waals surface area contributed by atoms with Gasteiger partial charge in [0.15, 0.2) is 0 Å². The van der Waals surface area contributed by atoms with Crippen molar-refractivity contribution in [2.24, 2.45) is 0 Å². The van der Waals surface area contributed by atoms with Crippen LogP contribution in [0.15, 0.2) is 24.3 Å². The number of anilines is 2. The van der Waals surface area contributed by atoms with E-state index in [-0.39, 0.29) is 12.5 Å². The molecule has 0 saturated carbocycles. The summed E-state index contributed by atoms with van der Waals surface area (Å²) in [4.78, 5) is 14.1. The maximum absolute atomic E-state index is 11.9. The first kappa shape index (κ1) is 16.5. The number of aliphatic hydroxyl groups excluding tert-OH is 1. The minimum Gasteiger partial charge on any atom is -0.399 e. The third kappa shape index (κ3) is 6.04. The molecule has 0 aliphatic heterocycles. The van der Waals surface area contributed by atoms with Gasteiger partial charge in [0.1, 0.15) is 0 Å². The van der Waals surface area contributed by atoms with Crippen LogP contribution in [0.5, 0.6) is 0 Å². The molecule has 1 amide bonds. The monoisotopic (exact) mass is 279 g/mol. The topological polar surface area (TPSA) is 78.6 Å². The van der Waals surface area contributed by atoms with Crippen LogP contribution in [0.3, 0.4) is 0 Å². The predicted octanol–water partition coefficient (Wildman–Crippen LogP) is 1.69. The van der Waals surface area contributed by atoms with Crippen molar-refractivity contribution in [1.82, 2.24) is 4.90 Å². The Balaban J connectivity index is 2.39. The summed E-state index contributed by atoms with van der Waals surface area (Å²) < 4.78 is 0. The first-order chi connectivity index (χ1) is 9.52. The maximum Gasteiger partial charge on any atom is 0.225 e. The first-order valence-electron chi connectivity index (χ1n) is 7.03. The lowest BCUT2D eigenvalue weighted by molar-refractivity contribution is -0.116. The molecule has 0 bridgehead atoms. The Morgan fingerprint density at radius 1 is 1.30 bits per heavy atom. The zero-order chi connectivity index (χ0) is 15.0. The molecule has 1 rings (SSSR count). The minimum absolute atomic E-state index is 0.00980. The number of nitrogens with two attached hydrogens (primary N) is 1. The van der Waals surface area contributed by atoms with Gasteiger partial charge in [-0.3, -0.25) is 4.79 Å². The molecule has 0 atom stereocenters. The van der Waals surface area contributed by atoms with Gasteiger partial charge < -0.3 is 21.1 Å². The highest BCUT2D eigenvalue weighted by Gasteiger charge is 2.11. The molecule has 5 nitrogen and oxygen atoms in total. The van der Waals surface area contributed by atoms with Crippen molar-refractivity contribution >= 4 is 17.3 Å². The molecule has 0 saturated heterocycles. The van der Waals surface area contributed by atoms with Gasteiger partial charge in [-0.2, -0.15) is 0 Å². The van der Waals surface area contributed by atoms with E-state index in [0.717, 1.165) is 18.7 Å². The highest BCUT2D eigenvalue weighted by Crippen LogP contribution is 2.11. The van der Waals surface area contributed by atoms with Crippen LogP contribution in [-0.4, -0.2) is 41.7 Å². The van der Waals surface area contributed by atoms with E-state index in [1.54, 1.807) is 24.3 Å². The second kappa shape index (κ2) is 8.55. The molecule has 112 valence electrons. The van der Waals surface area contributed by atoms with Crippen LogP contribution in [0, 0.1) is 0 Å². The molecule has 1 aromatic carbocycles. The standard InChI is InChI=1S/C15H25N3O2/c1-12(2)18(9-3-11-19)10-8-15(20)17-14-6-4-13(16)5-7-14/h4-7,12,19H,3,8-11,16H2,1-2H3,(H,17,20). The van der Waals surface area contributed by atoms with Crippen LogP contribution >= 0.6 is 0 Å². The zero-order valence-electron chi connectivity index (χ0n) is 12.3. The molecular formula is C15H25N3O2. The largest absolute Gasteiger partial charge is 0.399 e. The predicted molar refractivity (Wildman–Crippen MR) is 82.5 cm³/mol. The Morgan fingerprint density at radius 2 is 1.95 bits per heavy atom. The number of carbonyl (C=O) groups is 1. The van der Waals surface area contributed by atoms with Gasteiger partial charge in [-0.05, 0) is 44.5 Å². The number of hydrogen-bond acceptors (Lipinski definition) is 4. The van der Waals surface area contributed by atoms with Crippen LogP contribution in [0.25, 0.3) is 0 Å². The SMILES string of the molecule is CC(C)N(CCCO)CCC(=O)Nc1ccc(N)cc1. The van der Waals surface area contributed by atoms with Crippen LogP contribution in [0.1, 0.15) is 26.7 Å². The van der Waals surface area contributed by atoms with E-state index in [0.29, 0.717) is 24.7 Å². The Labute approximate surface area is 120 Å². The van der Waals surface area contributed by atoms with Crippen molar-refractivity contribution < 1.29 is 9.90 Å². The summed E-state index contributed by atoms with van der Waals surface area (Å²) in [6.45, 7) is 5.87. The van der Waals surface area contributed by atoms with Gasteiger partial charge in [-0.25, -0.2) is 0 Å². The van der Waals surface area contributed by atoms with Crippen molar-refractivity contribution in [3.8, 4) is 0 Å². The van der Waals surface area contributed by atoms with Crippen LogP contribution in [-0.2, 0) is 4.79 Å². The Bertz CT molecular complexity index is 404. The maximum atomic E-state index is 11.9. The van der Waals surface area contributed by atoms with Crippen molar-refractivity contribution in [2.45, 2.75) is 32.7 Å². The molecule has 0 heterocycles. The Morgan fingerprint density at radius 3 is 2.50 bits per heavy atom. The molecule has 0 spiro atoms. The lowest BCUT2D eigenvalue weighted by Gasteiger charge is -2.25. The number of hydrogen-bond donors (Lipinski definition) is 3.